The van der Waals surface area contributed by atoms with Gasteiger partial charge in [-0.15, -0.1) is 0 Å². The summed E-state index contributed by atoms with van der Waals surface area (Å²) in [7, 11) is 3.87. The molecule has 0 spiro atoms. The highest BCUT2D eigenvalue weighted by atomic mass is 16.5. The topological polar surface area (TPSA) is 32.8 Å². The van der Waals surface area contributed by atoms with E-state index in [-0.39, 0.29) is 11.3 Å². The second kappa shape index (κ2) is 6.29. The van der Waals surface area contributed by atoms with Crippen molar-refractivity contribution in [2.45, 2.75) is 38.5 Å². The van der Waals surface area contributed by atoms with Crippen LogP contribution >= 0.6 is 0 Å². The Morgan fingerprint density at radius 3 is 2.52 bits per heavy atom. The van der Waals surface area contributed by atoms with Crippen molar-refractivity contribution in [2.24, 2.45) is 0 Å². The molecule has 23 heavy (non-hydrogen) atoms. The largest absolute Gasteiger partial charge is 0.383 e. The van der Waals surface area contributed by atoms with E-state index in [1.54, 1.807) is 7.11 Å². The Kier molecular flexibility index (Phi) is 4.52. The van der Waals surface area contributed by atoms with Gasteiger partial charge in [-0.25, -0.2) is 0 Å². The van der Waals surface area contributed by atoms with Gasteiger partial charge in [-0.2, -0.15) is 0 Å². The molecule has 0 bridgehead atoms. The van der Waals surface area contributed by atoms with Gasteiger partial charge in [0.2, 0.25) is 5.91 Å². The van der Waals surface area contributed by atoms with Crippen LogP contribution < -0.4 is 4.90 Å². The predicted molar refractivity (Wildman–Crippen MR) is 95.8 cm³/mol. The third-order valence-electron chi connectivity index (χ3n) is 5.28. The summed E-state index contributed by atoms with van der Waals surface area (Å²) in [6.45, 7) is 7.78. The highest BCUT2D eigenvalue weighted by molar-refractivity contribution is 6.04. The van der Waals surface area contributed by atoms with E-state index in [1.165, 1.54) is 16.7 Å². The van der Waals surface area contributed by atoms with Gasteiger partial charge in [0.15, 0.2) is 7.98 Å². The molecule has 2 heterocycles. The van der Waals surface area contributed by atoms with Crippen LogP contribution in [0.5, 0.6) is 0 Å². The van der Waals surface area contributed by atoms with E-state index in [2.05, 4.69) is 38.8 Å². The van der Waals surface area contributed by atoms with Crippen LogP contribution in [0.3, 0.4) is 0 Å². The van der Waals surface area contributed by atoms with E-state index in [0.29, 0.717) is 19.6 Å². The summed E-state index contributed by atoms with van der Waals surface area (Å²) >= 11 is 0. The van der Waals surface area contributed by atoms with Crippen molar-refractivity contribution in [3.63, 3.8) is 0 Å². The van der Waals surface area contributed by atoms with Crippen LogP contribution in [0.25, 0.3) is 0 Å². The third-order valence-corrected chi connectivity index (χ3v) is 5.28. The molecule has 2 aliphatic rings. The zero-order chi connectivity index (χ0) is 16.6. The van der Waals surface area contributed by atoms with Crippen LogP contribution in [0.2, 0.25) is 0 Å². The lowest BCUT2D eigenvalue weighted by Crippen LogP contribution is -2.43. The Labute approximate surface area is 140 Å². The molecular formula is C18H27BN2O2. The number of carbonyl (C=O) groups excluding carboxylic acids is 1. The van der Waals surface area contributed by atoms with Gasteiger partial charge in [0.25, 0.3) is 0 Å². The maximum atomic E-state index is 12.6. The Bertz CT molecular complexity index is 615. The average molecular weight is 314 g/mol. The number of methoxy groups -OCH3 is 1. The summed E-state index contributed by atoms with van der Waals surface area (Å²) < 4.78 is 5.21. The minimum absolute atomic E-state index is 0.0940. The molecule has 1 aromatic carbocycles. The first-order valence-electron chi connectivity index (χ1n) is 8.56. The summed E-state index contributed by atoms with van der Waals surface area (Å²) in [5.41, 5.74) is 5.19. The lowest BCUT2D eigenvalue weighted by Gasteiger charge is -2.39. The fourth-order valence-corrected chi connectivity index (χ4v) is 3.77. The Morgan fingerprint density at radius 1 is 1.22 bits per heavy atom. The number of rotatable bonds is 3. The van der Waals surface area contributed by atoms with Gasteiger partial charge in [0.05, 0.1) is 6.61 Å². The molecule has 0 saturated heterocycles. The van der Waals surface area contributed by atoms with E-state index in [9.17, 15) is 4.79 Å². The van der Waals surface area contributed by atoms with Crippen LogP contribution in [-0.2, 0) is 27.8 Å². The van der Waals surface area contributed by atoms with E-state index in [4.69, 9.17) is 4.74 Å². The molecular weight excluding hydrogens is 287 g/mol. The molecule has 0 atom stereocenters. The van der Waals surface area contributed by atoms with Gasteiger partial charge in [-0.3, -0.25) is 4.79 Å². The maximum Gasteiger partial charge on any atom is 0.227 e. The third kappa shape index (κ3) is 3.17. The van der Waals surface area contributed by atoms with Crippen LogP contribution in [0.1, 0.15) is 37.0 Å². The summed E-state index contributed by atoms with van der Waals surface area (Å²) in [6, 6.07) is 4.65. The molecule has 0 fully saturated rings. The number of hydrogen-bond donors (Lipinski definition) is 0. The fraction of sp³-hybridized carbons (Fsp3) is 0.611. The van der Waals surface area contributed by atoms with Crippen LogP contribution in [0.15, 0.2) is 12.1 Å². The second-order valence-electron chi connectivity index (χ2n) is 7.54. The van der Waals surface area contributed by atoms with Crippen LogP contribution in [0.4, 0.5) is 5.69 Å². The molecule has 4 nitrogen and oxygen atoms in total. The number of fused-ring (bicyclic) bond motifs is 2. The highest BCUT2D eigenvalue weighted by Crippen LogP contribution is 2.42. The Hall–Kier alpha value is -1.33. The first kappa shape index (κ1) is 16.5. The van der Waals surface area contributed by atoms with Crippen molar-refractivity contribution in [1.82, 2.24) is 4.81 Å². The van der Waals surface area contributed by atoms with E-state index in [1.807, 2.05) is 4.90 Å². The van der Waals surface area contributed by atoms with Crippen LogP contribution in [0, 0.1) is 0 Å². The van der Waals surface area contributed by atoms with Crippen molar-refractivity contribution in [3.8, 4) is 0 Å². The highest BCUT2D eigenvalue weighted by Gasteiger charge is 2.37. The molecule has 1 aromatic rings. The van der Waals surface area contributed by atoms with Crippen molar-refractivity contribution in [3.05, 3.63) is 28.8 Å². The number of hydrogen-bond acceptors (Lipinski definition) is 3. The fourth-order valence-electron chi connectivity index (χ4n) is 3.77. The molecule has 1 amide bonds. The molecule has 3 rings (SSSR count). The van der Waals surface area contributed by atoms with Gasteiger partial charge in [-0.05, 0) is 48.7 Å². The standard InChI is InChI=1S/C18H27BN2O2/c1-18(2)12-17(22)21(8-9-23-3)16-11-14-5-7-20(19)6-4-13(14)10-15(16)18/h10-11H,4-9,12,19H2,1-3H3. The van der Waals surface area contributed by atoms with Gasteiger partial charge in [0.1, 0.15) is 0 Å². The van der Waals surface area contributed by atoms with Gasteiger partial charge >= 0.3 is 0 Å². The average Bonchev–Trinajstić information content (AvgIpc) is 2.67. The summed E-state index contributed by atoms with van der Waals surface area (Å²) in [6.07, 6.45) is 2.73. The number of anilines is 1. The smallest absolute Gasteiger partial charge is 0.227 e. The molecule has 0 aromatic heterocycles. The number of nitrogens with zero attached hydrogens (tertiary/aromatic N) is 2. The van der Waals surface area contributed by atoms with Gasteiger partial charge in [0, 0.05) is 31.2 Å². The lowest BCUT2D eigenvalue weighted by atomic mass is 9.75. The van der Waals surface area contributed by atoms with Crippen molar-refractivity contribution in [1.29, 1.82) is 0 Å². The molecule has 124 valence electrons. The van der Waals surface area contributed by atoms with Gasteiger partial charge in [-0.1, -0.05) is 19.9 Å². The van der Waals surface area contributed by atoms with Crippen molar-refractivity contribution < 1.29 is 9.53 Å². The minimum Gasteiger partial charge on any atom is -0.383 e. The molecule has 0 unspecified atom stereocenters. The molecule has 2 aliphatic heterocycles. The number of benzene rings is 1. The molecule has 5 heteroatoms. The molecule has 0 radical (unpaired) electrons. The first-order valence-corrected chi connectivity index (χ1v) is 8.56. The summed E-state index contributed by atoms with van der Waals surface area (Å²) in [4.78, 5) is 16.9. The zero-order valence-corrected chi connectivity index (χ0v) is 14.8. The first-order chi connectivity index (χ1) is 10.9. The van der Waals surface area contributed by atoms with Crippen molar-refractivity contribution >= 4 is 19.6 Å². The number of amides is 1. The van der Waals surface area contributed by atoms with Crippen LogP contribution in [-0.4, -0.2) is 52.1 Å². The summed E-state index contributed by atoms with van der Waals surface area (Å²) in [5.74, 6) is 0.213. The van der Waals surface area contributed by atoms with E-state index in [0.717, 1.165) is 31.6 Å². The van der Waals surface area contributed by atoms with Gasteiger partial charge < -0.3 is 14.4 Å². The molecule has 0 saturated carbocycles. The minimum atomic E-state index is -0.0940. The van der Waals surface area contributed by atoms with E-state index >= 15 is 0 Å². The molecule has 0 N–H and O–H groups in total. The lowest BCUT2D eigenvalue weighted by molar-refractivity contribution is -0.120. The SMILES string of the molecule is BN1CCc2cc3c(cc2CC1)C(C)(C)CC(=O)N3CCOC. The van der Waals surface area contributed by atoms with Crippen molar-refractivity contribution in [2.75, 3.05) is 38.3 Å². The quantitative estimate of drug-likeness (QED) is 0.789. The molecule has 0 aliphatic carbocycles. The number of carbonyl (C=O) groups is 1. The Balaban J connectivity index is 2.06. The predicted octanol–water partition coefficient (Wildman–Crippen LogP) is 1.30. The number of ether oxygens (including phenoxy) is 1. The normalized spacial score (nSPS) is 20.8. The summed E-state index contributed by atoms with van der Waals surface area (Å²) in [5, 5.41) is 0. The Morgan fingerprint density at radius 2 is 1.87 bits per heavy atom. The second-order valence-corrected chi connectivity index (χ2v) is 7.54. The van der Waals surface area contributed by atoms with E-state index < -0.39 is 0 Å². The zero-order valence-electron chi connectivity index (χ0n) is 14.8. The maximum absolute atomic E-state index is 12.6. The monoisotopic (exact) mass is 314 g/mol.